The van der Waals surface area contributed by atoms with Crippen LogP contribution in [0.4, 0.5) is 5.69 Å². The third-order valence-electron chi connectivity index (χ3n) is 2.76. The standard InChI is InChI=1S/C16H14N2O3/c1-11-2-8-14(10-17-11)18-16(21)13-6-3-12(4-7-13)5-9-15(19)20/h2-10H,1H3,(H,18,21)(H,19,20)/b9-5+. The van der Waals surface area contributed by atoms with Gasteiger partial charge in [0.05, 0.1) is 11.9 Å². The van der Waals surface area contributed by atoms with Gasteiger partial charge in [0.1, 0.15) is 0 Å². The van der Waals surface area contributed by atoms with Gasteiger partial charge in [0, 0.05) is 17.3 Å². The lowest BCUT2D eigenvalue weighted by Gasteiger charge is -2.05. The quantitative estimate of drug-likeness (QED) is 0.845. The Morgan fingerprint density at radius 3 is 2.43 bits per heavy atom. The first-order valence-electron chi connectivity index (χ1n) is 6.30. The maximum absolute atomic E-state index is 12.0. The van der Waals surface area contributed by atoms with Gasteiger partial charge in [-0.2, -0.15) is 0 Å². The summed E-state index contributed by atoms with van der Waals surface area (Å²) in [6.07, 6.45) is 4.11. The number of aryl methyl sites for hydroxylation is 1. The highest BCUT2D eigenvalue weighted by molar-refractivity contribution is 6.04. The monoisotopic (exact) mass is 282 g/mol. The van der Waals surface area contributed by atoms with Crippen LogP contribution in [0, 0.1) is 6.92 Å². The van der Waals surface area contributed by atoms with Crippen LogP contribution in [-0.4, -0.2) is 22.0 Å². The number of anilines is 1. The van der Waals surface area contributed by atoms with Crippen LogP contribution >= 0.6 is 0 Å². The van der Waals surface area contributed by atoms with E-state index in [1.807, 2.05) is 13.0 Å². The Bertz CT molecular complexity index is 674. The predicted octanol–water partition coefficient (Wildman–Crippen LogP) is 2.74. The summed E-state index contributed by atoms with van der Waals surface area (Å²) in [4.78, 5) is 26.5. The maximum Gasteiger partial charge on any atom is 0.328 e. The highest BCUT2D eigenvalue weighted by atomic mass is 16.4. The average molecular weight is 282 g/mol. The van der Waals surface area contributed by atoms with Crippen LogP contribution in [0.1, 0.15) is 21.6 Å². The normalized spacial score (nSPS) is 10.5. The first kappa shape index (κ1) is 14.5. The fourth-order valence-electron chi connectivity index (χ4n) is 1.66. The molecule has 1 aromatic carbocycles. The van der Waals surface area contributed by atoms with Crippen LogP contribution in [0.3, 0.4) is 0 Å². The number of carbonyl (C=O) groups excluding carboxylic acids is 1. The number of nitrogens with zero attached hydrogens (tertiary/aromatic N) is 1. The molecule has 0 radical (unpaired) electrons. The van der Waals surface area contributed by atoms with Crippen molar-refractivity contribution in [3.05, 3.63) is 65.5 Å². The third-order valence-corrected chi connectivity index (χ3v) is 2.76. The summed E-state index contributed by atoms with van der Waals surface area (Å²) < 4.78 is 0. The third kappa shape index (κ3) is 4.28. The molecule has 5 nitrogen and oxygen atoms in total. The van der Waals surface area contributed by atoms with E-state index in [0.717, 1.165) is 11.8 Å². The van der Waals surface area contributed by atoms with Crippen molar-refractivity contribution in [2.24, 2.45) is 0 Å². The smallest absolute Gasteiger partial charge is 0.328 e. The Morgan fingerprint density at radius 1 is 1.14 bits per heavy atom. The average Bonchev–Trinajstić information content (AvgIpc) is 2.48. The van der Waals surface area contributed by atoms with Gasteiger partial charge in [0.25, 0.3) is 5.91 Å². The molecule has 1 amide bonds. The largest absolute Gasteiger partial charge is 0.478 e. The number of benzene rings is 1. The molecular weight excluding hydrogens is 268 g/mol. The number of rotatable bonds is 4. The lowest BCUT2D eigenvalue weighted by molar-refractivity contribution is -0.131. The van der Waals surface area contributed by atoms with Gasteiger partial charge in [0.2, 0.25) is 0 Å². The van der Waals surface area contributed by atoms with Crippen LogP contribution < -0.4 is 5.32 Å². The molecule has 0 spiro atoms. The molecule has 2 aromatic rings. The van der Waals surface area contributed by atoms with Crippen molar-refractivity contribution in [3.63, 3.8) is 0 Å². The van der Waals surface area contributed by atoms with Gasteiger partial charge >= 0.3 is 5.97 Å². The molecule has 106 valence electrons. The van der Waals surface area contributed by atoms with Crippen molar-refractivity contribution in [1.82, 2.24) is 4.98 Å². The summed E-state index contributed by atoms with van der Waals surface area (Å²) in [5, 5.41) is 11.3. The molecular formula is C16H14N2O3. The molecule has 0 atom stereocenters. The molecule has 0 bridgehead atoms. The molecule has 2 N–H and O–H groups in total. The second-order valence-electron chi connectivity index (χ2n) is 4.44. The molecule has 0 aliphatic carbocycles. The summed E-state index contributed by atoms with van der Waals surface area (Å²) in [5.74, 6) is -1.25. The van der Waals surface area contributed by atoms with Crippen LogP contribution in [0.25, 0.3) is 6.08 Å². The minimum absolute atomic E-state index is 0.241. The van der Waals surface area contributed by atoms with Gasteiger partial charge in [-0.25, -0.2) is 4.79 Å². The van der Waals surface area contributed by atoms with Crippen molar-refractivity contribution < 1.29 is 14.7 Å². The van der Waals surface area contributed by atoms with E-state index in [1.54, 1.807) is 36.5 Å². The zero-order chi connectivity index (χ0) is 15.2. The summed E-state index contributed by atoms with van der Waals surface area (Å²) in [6.45, 7) is 1.87. The fraction of sp³-hybridized carbons (Fsp3) is 0.0625. The second kappa shape index (κ2) is 6.47. The van der Waals surface area contributed by atoms with Gasteiger partial charge in [-0.15, -0.1) is 0 Å². The number of aliphatic carboxylic acids is 1. The molecule has 5 heteroatoms. The molecule has 0 fully saturated rings. The van der Waals surface area contributed by atoms with Crippen molar-refractivity contribution in [2.75, 3.05) is 5.32 Å². The predicted molar refractivity (Wildman–Crippen MR) is 80.0 cm³/mol. The molecule has 0 unspecified atom stereocenters. The SMILES string of the molecule is Cc1ccc(NC(=O)c2ccc(/C=C/C(=O)O)cc2)cn1. The zero-order valence-electron chi connectivity index (χ0n) is 11.4. The number of pyridine rings is 1. The van der Waals surface area contributed by atoms with Crippen LogP contribution in [-0.2, 0) is 4.79 Å². The summed E-state index contributed by atoms with van der Waals surface area (Å²) in [6, 6.07) is 10.2. The molecule has 0 aliphatic heterocycles. The molecule has 0 aliphatic rings. The lowest BCUT2D eigenvalue weighted by atomic mass is 10.1. The molecule has 1 heterocycles. The minimum atomic E-state index is -1.01. The highest BCUT2D eigenvalue weighted by Crippen LogP contribution is 2.10. The van der Waals surface area contributed by atoms with Gasteiger partial charge in [-0.3, -0.25) is 9.78 Å². The molecule has 0 saturated heterocycles. The number of carboxylic acids is 1. The summed E-state index contributed by atoms with van der Waals surface area (Å²) in [5.41, 5.74) is 2.71. The summed E-state index contributed by atoms with van der Waals surface area (Å²) >= 11 is 0. The van der Waals surface area contributed by atoms with E-state index in [2.05, 4.69) is 10.3 Å². The maximum atomic E-state index is 12.0. The highest BCUT2D eigenvalue weighted by Gasteiger charge is 2.05. The van der Waals surface area contributed by atoms with Crippen molar-refractivity contribution in [3.8, 4) is 0 Å². The Morgan fingerprint density at radius 2 is 1.86 bits per heavy atom. The topological polar surface area (TPSA) is 79.3 Å². The van der Waals surface area contributed by atoms with Gasteiger partial charge in [0.15, 0.2) is 0 Å². The van der Waals surface area contributed by atoms with E-state index in [-0.39, 0.29) is 5.91 Å². The number of hydrogen-bond acceptors (Lipinski definition) is 3. The van der Waals surface area contributed by atoms with E-state index in [9.17, 15) is 9.59 Å². The number of hydrogen-bond donors (Lipinski definition) is 2. The molecule has 0 saturated carbocycles. The van der Waals surface area contributed by atoms with E-state index in [1.165, 1.54) is 6.08 Å². The van der Waals surface area contributed by atoms with Gasteiger partial charge < -0.3 is 10.4 Å². The van der Waals surface area contributed by atoms with Crippen molar-refractivity contribution >= 4 is 23.6 Å². The first-order chi connectivity index (χ1) is 10.0. The van der Waals surface area contributed by atoms with Crippen LogP contribution in [0.2, 0.25) is 0 Å². The van der Waals surface area contributed by atoms with Gasteiger partial charge in [-0.1, -0.05) is 12.1 Å². The lowest BCUT2D eigenvalue weighted by Crippen LogP contribution is -2.11. The number of carboxylic acid groups (broad SMARTS) is 1. The Balaban J connectivity index is 2.06. The molecule has 1 aromatic heterocycles. The van der Waals surface area contributed by atoms with E-state index in [4.69, 9.17) is 5.11 Å². The van der Waals surface area contributed by atoms with E-state index < -0.39 is 5.97 Å². The van der Waals surface area contributed by atoms with Crippen molar-refractivity contribution in [2.45, 2.75) is 6.92 Å². The Hall–Kier alpha value is -2.95. The van der Waals surface area contributed by atoms with Crippen LogP contribution in [0.5, 0.6) is 0 Å². The fourth-order valence-corrected chi connectivity index (χ4v) is 1.66. The van der Waals surface area contributed by atoms with Crippen LogP contribution in [0.15, 0.2) is 48.7 Å². The Kier molecular flexibility index (Phi) is 4.46. The number of aromatic nitrogens is 1. The van der Waals surface area contributed by atoms with Gasteiger partial charge in [-0.05, 0) is 42.8 Å². The first-order valence-corrected chi connectivity index (χ1v) is 6.30. The number of carbonyl (C=O) groups is 2. The molecule has 21 heavy (non-hydrogen) atoms. The molecule has 2 rings (SSSR count). The number of nitrogens with one attached hydrogen (secondary N) is 1. The summed E-state index contributed by atoms with van der Waals surface area (Å²) in [7, 11) is 0. The van der Waals surface area contributed by atoms with E-state index in [0.29, 0.717) is 16.8 Å². The minimum Gasteiger partial charge on any atom is -0.478 e. The van der Waals surface area contributed by atoms with Crippen molar-refractivity contribution in [1.29, 1.82) is 0 Å². The Labute approximate surface area is 122 Å². The van der Waals surface area contributed by atoms with E-state index >= 15 is 0 Å². The second-order valence-corrected chi connectivity index (χ2v) is 4.44. The zero-order valence-corrected chi connectivity index (χ0v) is 11.4. The number of amides is 1.